The van der Waals surface area contributed by atoms with Crippen molar-refractivity contribution < 1.29 is 50.0 Å². The molecule has 260 valence electrons. The van der Waals surface area contributed by atoms with E-state index in [1.165, 1.54) is 27.5 Å². The van der Waals surface area contributed by atoms with Crippen LogP contribution >= 0.6 is 0 Å². The lowest BCUT2D eigenvalue weighted by Gasteiger charge is -2.13. The second-order valence-electron chi connectivity index (χ2n) is 10.2. The highest BCUT2D eigenvalue weighted by molar-refractivity contribution is 5.91. The molecule has 0 aliphatic carbocycles. The van der Waals surface area contributed by atoms with Crippen molar-refractivity contribution in [2.24, 2.45) is 0 Å². The Morgan fingerprint density at radius 1 is 0.620 bits per heavy atom. The van der Waals surface area contributed by atoms with E-state index in [1.807, 2.05) is 18.2 Å². The number of rotatable bonds is 9. The Labute approximate surface area is 293 Å². The van der Waals surface area contributed by atoms with E-state index >= 15 is 0 Å². The van der Waals surface area contributed by atoms with E-state index in [1.54, 1.807) is 80.6 Å². The molecule has 0 amide bonds. The van der Waals surface area contributed by atoms with E-state index in [9.17, 15) is 24.6 Å². The van der Waals surface area contributed by atoms with E-state index in [0.29, 0.717) is 33.9 Å². The molecule has 10 heteroatoms. The molecular weight excluding hydrogens is 640 g/mol. The summed E-state index contributed by atoms with van der Waals surface area (Å²) in [6, 6.07) is 24.2. The molecule has 0 atom stereocenters. The number of esters is 2. The molecular formula is C40H40O10. The Kier molecular flexibility index (Phi) is 16.2. The largest absolute Gasteiger partial charge is 0.507 e. The summed E-state index contributed by atoms with van der Waals surface area (Å²) in [6.07, 6.45) is 5.76. The maximum Gasteiger partial charge on any atom is 0.338 e. The maximum absolute atomic E-state index is 11.8. The normalized spacial score (nSPS) is 9.48. The summed E-state index contributed by atoms with van der Waals surface area (Å²) in [5.74, 6) is -0.246. The molecule has 0 fully saturated rings. The van der Waals surface area contributed by atoms with Crippen molar-refractivity contribution in [3.05, 3.63) is 121 Å². The van der Waals surface area contributed by atoms with Gasteiger partial charge in [-0.15, -0.1) is 12.8 Å². The van der Waals surface area contributed by atoms with Gasteiger partial charge in [-0.1, -0.05) is 68.3 Å². The number of hydrogen-bond donors (Lipinski definition) is 3. The number of phenolic OH excluding ortho intramolecular Hbond substituents is 2. The van der Waals surface area contributed by atoms with Crippen molar-refractivity contribution in [1.29, 1.82) is 0 Å². The van der Waals surface area contributed by atoms with Crippen molar-refractivity contribution >= 4 is 17.9 Å². The summed E-state index contributed by atoms with van der Waals surface area (Å²) >= 11 is 0. The molecule has 4 aromatic carbocycles. The van der Waals surface area contributed by atoms with Gasteiger partial charge in [0.1, 0.15) is 12.9 Å². The van der Waals surface area contributed by atoms with Gasteiger partial charge in [0.2, 0.25) is 0 Å². The summed E-state index contributed by atoms with van der Waals surface area (Å²) < 4.78 is 26.7. The van der Waals surface area contributed by atoms with E-state index in [4.69, 9.17) is 25.4 Å². The predicted octanol–water partition coefficient (Wildman–Crippen LogP) is 8.00. The van der Waals surface area contributed by atoms with E-state index < -0.39 is 17.9 Å². The number of aromatic hydroxyl groups is 2. The minimum atomic E-state index is -0.935. The zero-order valence-corrected chi connectivity index (χ0v) is 28.5. The van der Waals surface area contributed by atoms with Crippen LogP contribution in [0.3, 0.4) is 0 Å². The number of carboxylic acid groups (broad SMARTS) is 1. The first kappa shape index (κ1) is 39.4. The van der Waals surface area contributed by atoms with Crippen LogP contribution in [0.25, 0.3) is 22.3 Å². The van der Waals surface area contributed by atoms with Gasteiger partial charge in [-0.05, 0) is 68.3 Å². The van der Waals surface area contributed by atoms with Crippen LogP contribution in [0.1, 0.15) is 22.1 Å². The topological polar surface area (TPSA) is 149 Å². The van der Waals surface area contributed by atoms with Gasteiger partial charge < -0.3 is 34.3 Å². The lowest BCUT2D eigenvalue weighted by molar-refractivity contribution is -0.133. The number of methoxy groups -OCH3 is 2. The lowest BCUT2D eigenvalue weighted by atomic mass is 10.0. The Hall–Kier alpha value is -6.73. The van der Waals surface area contributed by atoms with Gasteiger partial charge in [0, 0.05) is 27.8 Å². The maximum atomic E-state index is 11.8. The average molecular weight is 682 g/mol. The Morgan fingerprint density at radius 3 is 1.56 bits per heavy atom. The summed E-state index contributed by atoms with van der Waals surface area (Å²) in [5.41, 5.74) is 3.71. The van der Waals surface area contributed by atoms with E-state index in [2.05, 4.69) is 26.2 Å². The average Bonchev–Trinajstić information content (AvgIpc) is 3.10. The molecule has 0 saturated heterocycles. The van der Waals surface area contributed by atoms with Gasteiger partial charge in [0.15, 0.2) is 23.0 Å². The van der Waals surface area contributed by atoms with Gasteiger partial charge in [0.25, 0.3) is 0 Å². The van der Waals surface area contributed by atoms with Crippen LogP contribution in [0.2, 0.25) is 0 Å². The second kappa shape index (κ2) is 20.5. The van der Waals surface area contributed by atoms with Gasteiger partial charge in [-0.2, -0.15) is 0 Å². The molecule has 3 N–H and O–H groups in total. The van der Waals surface area contributed by atoms with Crippen molar-refractivity contribution in [1.82, 2.24) is 0 Å². The highest BCUT2D eigenvalue weighted by atomic mass is 16.6. The van der Waals surface area contributed by atoms with Crippen LogP contribution in [0.4, 0.5) is 0 Å². The predicted molar refractivity (Wildman–Crippen MR) is 193 cm³/mol. The van der Waals surface area contributed by atoms with Crippen LogP contribution in [0.5, 0.6) is 34.5 Å². The van der Waals surface area contributed by atoms with Gasteiger partial charge >= 0.3 is 17.9 Å². The fourth-order valence-electron chi connectivity index (χ4n) is 3.65. The number of para-hydroxylation sites is 2. The minimum absolute atomic E-state index is 0.0849. The Bertz CT molecular complexity index is 1910. The molecule has 10 nitrogen and oxygen atoms in total. The molecule has 0 aliphatic heterocycles. The monoisotopic (exact) mass is 681 g/mol. The highest BCUT2D eigenvalue weighted by Crippen LogP contribution is 2.37. The number of phenols is 2. The SMILES string of the molecule is C=C(C)C(=O)O.C=C(C)C(=O)Oc1ccc(-c2ccccc2OC(=O)C(=C)C)cc1OC.COc1cc(-c2ccccc2O)ccc1O.[2H]C#C. The van der Waals surface area contributed by atoms with E-state index in [-0.39, 0.29) is 28.4 Å². The molecule has 0 heterocycles. The fraction of sp³-hybridized carbons (Fsp3) is 0.125. The van der Waals surface area contributed by atoms with Crippen LogP contribution in [-0.2, 0) is 14.4 Å². The lowest BCUT2D eigenvalue weighted by Crippen LogP contribution is -2.09. The summed E-state index contributed by atoms with van der Waals surface area (Å²) in [6.45, 7) is 14.9. The summed E-state index contributed by atoms with van der Waals surface area (Å²) in [7, 11) is 2.97. The fourth-order valence-corrected chi connectivity index (χ4v) is 3.65. The number of carboxylic acids is 1. The first-order valence-corrected chi connectivity index (χ1v) is 14.6. The van der Waals surface area contributed by atoms with Gasteiger partial charge in [-0.3, -0.25) is 0 Å². The second-order valence-corrected chi connectivity index (χ2v) is 10.2. The third kappa shape index (κ3) is 12.5. The van der Waals surface area contributed by atoms with Gasteiger partial charge in [-0.25, -0.2) is 14.4 Å². The quantitative estimate of drug-likeness (QED) is 0.0687. The van der Waals surface area contributed by atoms with E-state index in [0.717, 1.165) is 11.1 Å². The molecule has 0 unspecified atom stereocenters. The molecule has 0 aliphatic rings. The van der Waals surface area contributed by atoms with Gasteiger partial charge in [0.05, 0.1) is 14.2 Å². The third-order valence-electron chi connectivity index (χ3n) is 6.22. The zero-order chi connectivity index (χ0) is 38.7. The van der Waals surface area contributed by atoms with Crippen molar-refractivity contribution in [3.8, 4) is 69.6 Å². The molecule has 0 aromatic heterocycles. The zero-order valence-electron chi connectivity index (χ0n) is 29.5. The number of ether oxygens (including phenoxy) is 4. The number of carbonyl (C=O) groups excluding carboxylic acids is 2. The molecule has 0 spiro atoms. The number of terminal acetylenes is 1. The number of benzene rings is 4. The summed E-state index contributed by atoms with van der Waals surface area (Å²) in [4.78, 5) is 33.2. The minimum Gasteiger partial charge on any atom is -0.507 e. The van der Waals surface area contributed by atoms with Crippen LogP contribution in [0.15, 0.2) is 121 Å². The number of aliphatic carboxylic acids is 1. The van der Waals surface area contributed by atoms with Crippen molar-refractivity contribution in [3.63, 3.8) is 0 Å². The molecule has 4 aromatic rings. The van der Waals surface area contributed by atoms with Crippen LogP contribution in [0, 0.1) is 12.8 Å². The number of hydrogen-bond acceptors (Lipinski definition) is 9. The van der Waals surface area contributed by atoms with Crippen molar-refractivity contribution in [2.45, 2.75) is 20.8 Å². The standard InChI is InChI=1S/C21H20O5.C13H12O3.C4H6O2.C2H2/c1-13(2)20(22)25-17-9-7-6-8-16(17)15-10-11-18(19(12-15)24-5)26-21(23)14(3)4;1-16-13-8-9(6-7-12(13)15)10-4-2-3-5-11(10)14;1-3(2)4(5)6;1-2/h6-12H,1,3H2,2,4-5H3;2-8,14-15H,1H3;1H2,2H3,(H,5,6);1-2H/i;;;1D. The molecule has 0 saturated carbocycles. The molecule has 0 radical (unpaired) electrons. The van der Waals surface area contributed by atoms with Crippen molar-refractivity contribution in [2.75, 3.05) is 14.2 Å². The summed E-state index contributed by atoms with van der Waals surface area (Å²) in [5, 5.41) is 27.0. The smallest absolute Gasteiger partial charge is 0.338 e. The first-order valence-electron chi connectivity index (χ1n) is 15.1. The van der Waals surface area contributed by atoms with Crippen LogP contribution in [-0.4, -0.2) is 47.4 Å². The third-order valence-corrected chi connectivity index (χ3v) is 6.22. The number of carbonyl (C=O) groups is 3. The Balaban J connectivity index is 0.000000438. The van der Waals surface area contributed by atoms with Crippen LogP contribution < -0.4 is 18.9 Å². The first-order chi connectivity index (χ1) is 24.1. The molecule has 50 heavy (non-hydrogen) atoms. The highest BCUT2D eigenvalue weighted by Gasteiger charge is 2.15. The Morgan fingerprint density at radius 2 is 1.06 bits per heavy atom. The molecule has 0 bridgehead atoms. The molecule has 4 rings (SSSR count).